The van der Waals surface area contributed by atoms with Gasteiger partial charge in [0.25, 0.3) is 5.91 Å². The second kappa shape index (κ2) is 7.84. The van der Waals surface area contributed by atoms with Gasteiger partial charge in [-0.15, -0.1) is 0 Å². The van der Waals surface area contributed by atoms with Crippen molar-refractivity contribution in [1.29, 1.82) is 0 Å². The number of nitrogens with zero attached hydrogens (tertiary/aromatic N) is 1. The van der Waals surface area contributed by atoms with Crippen molar-refractivity contribution in [3.8, 4) is 5.75 Å². The molecule has 4 nitrogen and oxygen atoms in total. The topological polar surface area (TPSA) is 41.6 Å². The fourth-order valence-corrected chi connectivity index (χ4v) is 3.47. The van der Waals surface area contributed by atoms with Crippen LogP contribution in [-0.4, -0.2) is 43.6 Å². The van der Waals surface area contributed by atoms with Crippen LogP contribution in [0.15, 0.2) is 12.1 Å². The summed E-state index contributed by atoms with van der Waals surface area (Å²) < 4.78 is 5.31. The molecule has 0 unspecified atom stereocenters. The van der Waals surface area contributed by atoms with E-state index < -0.39 is 0 Å². The first-order valence-corrected chi connectivity index (χ1v) is 8.37. The predicted octanol–water partition coefficient (Wildman–Crippen LogP) is 3.13. The van der Waals surface area contributed by atoms with Crippen LogP contribution in [-0.2, 0) is 6.42 Å². The minimum Gasteiger partial charge on any atom is -0.496 e. The van der Waals surface area contributed by atoms with Crippen molar-refractivity contribution in [2.75, 3.05) is 26.7 Å². The number of likely N-dealkylation sites (N-methyl/N-ethyl adjacent to an activating group) is 1. The summed E-state index contributed by atoms with van der Waals surface area (Å²) in [4.78, 5) is 15.0. The Bertz CT molecular complexity index is 534. The van der Waals surface area contributed by atoms with Crippen molar-refractivity contribution < 1.29 is 9.53 Å². The Balaban J connectivity index is 2.12. The number of hydrogen-bond acceptors (Lipinski definition) is 3. The van der Waals surface area contributed by atoms with Crippen LogP contribution >= 0.6 is 11.6 Å². The van der Waals surface area contributed by atoms with Crippen molar-refractivity contribution in [3.63, 3.8) is 0 Å². The van der Waals surface area contributed by atoms with Crippen molar-refractivity contribution in [2.24, 2.45) is 0 Å². The molecular formula is C17H25ClN2O2. The number of carbonyl (C=O) groups is 1. The largest absolute Gasteiger partial charge is 0.496 e. The maximum Gasteiger partial charge on any atom is 0.256 e. The van der Waals surface area contributed by atoms with Gasteiger partial charge >= 0.3 is 0 Å². The smallest absolute Gasteiger partial charge is 0.256 e. The van der Waals surface area contributed by atoms with E-state index in [-0.39, 0.29) is 5.91 Å². The first-order chi connectivity index (χ1) is 10.6. The second-order valence-corrected chi connectivity index (χ2v) is 5.98. The molecule has 1 aromatic rings. The first kappa shape index (κ1) is 17.1. The van der Waals surface area contributed by atoms with Crippen molar-refractivity contribution >= 4 is 17.5 Å². The van der Waals surface area contributed by atoms with Crippen LogP contribution in [0, 0.1) is 0 Å². The van der Waals surface area contributed by atoms with Gasteiger partial charge < -0.3 is 10.1 Å². The molecular weight excluding hydrogens is 300 g/mol. The molecule has 1 N–H and O–H groups in total. The summed E-state index contributed by atoms with van der Waals surface area (Å²) in [5.41, 5.74) is 1.41. The molecule has 0 radical (unpaired) electrons. The molecule has 22 heavy (non-hydrogen) atoms. The van der Waals surface area contributed by atoms with Gasteiger partial charge in [-0.05, 0) is 44.0 Å². The van der Waals surface area contributed by atoms with E-state index in [9.17, 15) is 4.79 Å². The van der Waals surface area contributed by atoms with Gasteiger partial charge in [0.15, 0.2) is 0 Å². The average Bonchev–Trinajstić information content (AvgIpc) is 2.99. The van der Waals surface area contributed by atoms with Crippen molar-refractivity contribution in [3.05, 3.63) is 28.3 Å². The van der Waals surface area contributed by atoms with Gasteiger partial charge in [-0.3, -0.25) is 9.69 Å². The fourth-order valence-electron chi connectivity index (χ4n) is 3.10. The summed E-state index contributed by atoms with van der Waals surface area (Å²) in [5, 5.41) is 3.53. The molecule has 1 aliphatic heterocycles. The van der Waals surface area contributed by atoms with Crippen LogP contribution in [0.3, 0.4) is 0 Å². The molecule has 1 aliphatic rings. The van der Waals surface area contributed by atoms with E-state index in [0.29, 0.717) is 28.9 Å². The Morgan fingerprint density at radius 3 is 2.86 bits per heavy atom. The molecule has 0 saturated carbocycles. The van der Waals surface area contributed by atoms with E-state index in [2.05, 4.69) is 17.1 Å². The van der Waals surface area contributed by atoms with Gasteiger partial charge in [0.2, 0.25) is 0 Å². The lowest BCUT2D eigenvalue weighted by molar-refractivity contribution is 0.0938. The number of hydrogen-bond donors (Lipinski definition) is 1. The monoisotopic (exact) mass is 324 g/mol. The van der Waals surface area contributed by atoms with Crippen LogP contribution in [0.1, 0.15) is 42.6 Å². The highest BCUT2D eigenvalue weighted by Gasteiger charge is 2.25. The number of amides is 1. The van der Waals surface area contributed by atoms with Gasteiger partial charge in [0.05, 0.1) is 12.1 Å². The van der Waals surface area contributed by atoms with Crippen LogP contribution in [0.2, 0.25) is 5.02 Å². The molecule has 122 valence electrons. The van der Waals surface area contributed by atoms with E-state index in [1.165, 1.54) is 6.42 Å². The van der Waals surface area contributed by atoms with Gasteiger partial charge in [0.1, 0.15) is 11.3 Å². The highest BCUT2D eigenvalue weighted by atomic mass is 35.5. The second-order valence-electron chi connectivity index (χ2n) is 5.60. The summed E-state index contributed by atoms with van der Waals surface area (Å²) in [7, 11) is 1.56. The molecule has 1 amide bonds. The van der Waals surface area contributed by atoms with E-state index >= 15 is 0 Å². The highest BCUT2D eigenvalue weighted by molar-refractivity contribution is 6.35. The minimum atomic E-state index is -0.153. The SMILES string of the molecule is CCc1ccc(OC)c(C(=O)NC[C@@H]2CCCN2CC)c1Cl. The minimum absolute atomic E-state index is 0.153. The molecule has 0 aromatic heterocycles. The van der Waals surface area contributed by atoms with Gasteiger partial charge in [0, 0.05) is 12.6 Å². The van der Waals surface area contributed by atoms with E-state index in [1.54, 1.807) is 7.11 Å². The molecule has 1 saturated heterocycles. The zero-order valence-corrected chi connectivity index (χ0v) is 14.4. The number of nitrogens with one attached hydrogen (secondary N) is 1. The number of aryl methyl sites for hydroxylation is 1. The first-order valence-electron chi connectivity index (χ1n) is 7.99. The lowest BCUT2D eigenvalue weighted by atomic mass is 10.1. The molecule has 1 atom stereocenters. The number of likely N-dealkylation sites (tertiary alicyclic amines) is 1. The molecule has 5 heteroatoms. The molecule has 0 spiro atoms. The Labute approximate surface area is 137 Å². The molecule has 2 rings (SSSR count). The van der Waals surface area contributed by atoms with Crippen LogP contribution in [0.5, 0.6) is 5.75 Å². The van der Waals surface area contributed by atoms with Gasteiger partial charge in [-0.25, -0.2) is 0 Å². The predicted molar refractivity (Wildman–Crippen MR) is 90.0 cm³/mol. The normalized spacial score (nSPS) is 18.5. The maximum atomic E-state index is 12.6. The van der Waals surface area contributed by atoms with E-state index in [0.717, 1.165) is 31.5 Å². The lowest BCUT2D eigenvalue weighted by Gasteiger charge is -2.23. The fraction of sp³-hybridized carbons (Fsp3) is 0.588. The van der Waals surface area contributed by atoms with E-state index in [4.69, 9.17) is 16.3 Å². The summed E-state index contributed by atoms with van der Waals surface area (Å²) in [6.07, 6.45) is 3.12. The quantitative estimate of drug-likeness (QED) is 0.874. The number of carbonyl (C=O) groups excluding carboxylic acids is 1. The van der Waals surface area contributed by atoms with Crippen LogP contribution < -0.4 is 10.1 Å². The Kier molecular flexibility index (Phi) is 6.09. The number of halogens is 1. The van der Waals surface area contributed by atoms with Crippen LogP contribution in [0.4, 0.5) is 0 Å². The summed E-state index contributed by atoms with van der Waals surface area (Å²) in [5.74, 6) is 0.374. The Morgan fingerprint density at radius 2 is 2.23 bits per heavy atom. The van der Waals surface area contributed by atoms with Crippen LogP contribution in [0.25, 0.3) is 0 Å². The zero-order valence-electron chi connectivity index (χ0n) is 13.6. The van der Waals surface area contributed by atoms with Crippen molar-refractivity contribution in [2.45, 2.75) is 39.2 Å². The molecule has 0 bridgehead atoms. The number of rotatable bonds is 6. The number of benzene rings is 1. The third kappa shape index (κ3) is 3.55. The number of methoxy groups -OCH3 is 1. The average molecular weight is 325 g/mol. The number of ether oxygens (including phenoxy) is 1. The summed E-state index contributed by atoms with van der Waals surface area (Å²) in [6, 6.07) is 4.15. The Morgan fingerprint density at radius 1 is 1.45 bits per heavy atom. The molecule has 1 fully saturated rings. The highest BCUT2D eigenvalue weighted by Crippen LogP contribution is 2.30. The lowest BCUT2D eigenvalue weighted by Crippen LogP contribution is -2.40. The third-order valence-electron chi connectivity index (χ3n) is 4.42. The maximum absolute atomic E-state index is 12.6. The summed E-state index contributed by atoms with van der Waals surface area (Å²) >= 11 is 6.39. The van der Waals surface area contributed by atoms with Gasteiger partial charge in [-0.1, -0.05) is 31.5 Å². The Hall–Kier alpha value is -1.26. The molecule has 1 aromatic carbocycles. The van der Waals surface area contributed by atoms with E-state index in [1.807, 2.05) is 19.1 Å². The molecule has 1 heterocycles. The van der Waals surface area contributed by atoms with Crippen molar-refractivity contribution in [1.82, 2.24) is 10.2 Å². The third-order valence-corrected chi connectivity index (χ3v) is 4.85. The summed E-state index contributed by atoms with van der Waals surface area (Å²) in [6.45, 7) is 6.97. The zero-order chi connectivity index (χ0) is 16.1. The molecule has 0 aliphatic carbocycles. The standard InChI is InChI=1S/C17H25ClN2O2/c1-4-12-8-9-14(22-3)15(16(12)18)17(21)19-11-13-7-6-10-20(13)5-2/h8-9,13H,4-7,10-11H2,1-3H3,(H,19,21)/t13-/m0/s1. The van der Waals surface area contributed by atoms with Gasteiger partial charge in [-0.2, -0.15) is 0 Å².